The summed E-state index contributed by atoms with van der Waals surface area (Å²) in [6.45, 7) is 0.274. The Hall–Kier alpha value is -3.03. The molecule has 8 heteroatoms. The van der Waals surface area contributed by atoms with Crippen LogP contribution in [0.3, 0.4) is 0 Å². The number of aromatic nitrogens is 1. The maximum absolute atomic E-state index is 12.4. The van der Waals surface area contributed by atoms with E-state index in [1.165, 1.54) is 14.2 Å². The molecular weight excluding hydrogens is 328 g/mol. The van der Waals surface area contributed by atoms with Gasteiger partial charge >= 0.3 is 12.1 Å². The van der Waals surface area contributed by atoms with Crippen LogP contribution in [0, 0.1) is 0 Å². The van der Waals surface area contributed by atoms with Crippen molar-refractivity contribution in [1.82, 2.24) is 10.3 Å². The molecule has 0 saturated heterocycles. The first-order chi connectivity index (χ1) is 12.0. The molecule has 2 rings (SSSR count). The summed E-state index contributed by atoms with van der Waals surface area (Å²) in [6.07, 6.45) is -0.528. The molecule has 1 amide bonds. The summed E-state index contributed by atoms with van der Waals surface area (Å²) in [4.78, 5) is 37.4. The third kappa shape index (κ3) is 4.28. The summed E-state index contributed by atoms with van der Waals surface area (Å²) in [6, 6.07) is 5.41. The lowest BCUT2D eigenvalue weighted by Crippen LogP contribution is -2.25. The van der Waals surface area contributed by atoms with E-state index in [-0.39, 0.29) is 25.2 Å². The molecule has 0 atom stereocenters. The van der Waals surface area contributed by atoms with Crippen molar-refractivity contribution < 1.29 is 29.0 Å². The van der Waals surface area contributed by atoms with Gasteiger partial charge in [0.2, 0.25) is 0 Å². The molecular formula is C17H20N2O6. The van der Waals surface area contributed by atoms with E-state index in [0.29, 0.717) is 28.9 Å². The molecule has 25 heavy (non-hydrogen) atoms. The van der Waals surface area contributed by atoms with Crippen LogP contribution in [-0.2, 0) is 16.0 Å². The second kappa shape index (κ2) is 8.18. The number of alkyl carbamates (subject to hydrolysis) is 1. The highest BCUT2D eigenvalue weighted by molar-refractivity contribution is 6.04. The minimum Gasteiger partial charge on any atom is -0.495 e. The van der Waals surface area contributed by atoms with Gasteiger partial charge in [-0.25, -0.2) is 4.79 Å². The monoisotopic (exact) mass is 348 g/mol. The van der Waals surface area contributed by atoms with Crippen LogP contribution in [0.5, 0.6) is 5.75 Å². The zero-order valence-electron chi connectivity index (χ0n) is 14.0. The van der Waals surface area contributed by atoms with Crippen molar-refractivity contribution in [3.8, 4) is 5.75 Å². The molecule has 0 spiro atoms. The molecule has 0 bridgehead atoms. The number of rotatable bonds is 8. The van der Waals surface area contributed by atoms with E-state index < -0.39 is 12.1 Å². The van der Waals surface area contributed by atoms with Gasteiger partial charge in [-0.3, -0.25) is 9.59 Å². The third-order valence-electron chi connectivity index (χ3n) is 3.80. The van der Waals surface area contributed by atoms with Crippen molar-refractivity contribution in [2.45, 2.75) is 19.3 Å². The van der Waals surface area contributed by atoms with E-state index >= 15 is 0 Å². The molecule has 0 saturated carbocycles. The van der Waals surface area contributed by atoms with Gasteiger partial charge < -0.3 is 24.9 Å². The number of hydrogen-bond donors (Lipinski definition) is 3. The van der Waals surface area contributed by atoms with Crippen LogP contribution >= 0.6 is 0 Å². The molecule has 0 aliphatic rings. The number of para-hydroxylation sites is 1. The molecule has 1 aromatic heterocycles. The number of ketones is 1. The van der Waals surface area contributed by atoms with E-state index in [2.05, 4.69) is 15.0 Å². The molecule has 0 unspecified atom stereocenters. The SMILES string of the molecule is COC(=O)NCCc1c(C(=O)CCC(=O)O)[nH]c2c(OC)cccc12. The summed E-state index contributed by atoms with van der Waals surface area (Å²) < 4.78 is 9.83. The van der Waals surface area contributed by atoms with Crippen LogP contribution < -0.4 is 10.1 Å². The highest BCUT2D eigenvalue weighted by Crippen LogP contribution is 2.30. The number of carbonyl (C=O) groups is 3. The number of aromatic amines is 1. The Morgan fingerprint density at radius 2 is 1.96 bits per heavy atom. The molecule has 0 aliphatic carbocycles. The number of amides is 1. The fourth-order valence-corrected chi connectivity index (χ4v) is 2.62. The van der Waals surface area contributed by atoms with Crippen LogP contribution in [0.2, 0.25) is 0 Å². The van der Waals surface area contributed by atoms with Crippen molar-refractivity contribution in [2.75, 3.05) is 20.8 Å². The summed E-state index contributed by atoms with van der Waals surface area (Å²) >= 11 is 0. The second-order valence-corrected chi connectivity index (χ2v) is 5.35. The van der Waals surface area contributed by atoms with Gasteiger partial charge in [0.1, 0.15) is 5.75 Å². The largest absolute Gasteiger partial charge is 0.495 e. The topological polar surface area (TPSA) is 118 Å². The number of Topliss-reactive ketones (excluding diaryl/α,β-unsaturated/α-hetero) is 1. The Labute approximate surface area is 144 Å². The standard InChI is InChI=1S/C17H20N2O6/c1-24-13-5-3-4-10-11(8-9-18-17(23)25-2)15(19-16(10)13)12(20)6-7-14(21)22/h3-5,19H,6-9H2,1-2H3,(H,18,23)(H,21,22). The number of nitrogens with one attached hydrogen (secondary N) is 2. The van der Waals surface area contributed by atoms with Crippen LogP contribution in [0.1, 0.15) is 28.9 Å². The average Bonchev–Trinajstić information content (AvgIpc) is 2.98. The van der Waals surface area contributed by atoms with E-state index in [9.17, 15) is 14.4 Å². The molecule has 3 N–H and O–H groups in total. The molecule has 8 nitrogen and oxygen atoms in total. The van der Waals surface area contributed by atoms with Gasteiger partial charge in [-0.2, -0.15) is 0 Å². The number of carboxylic acid groups (broad SMARTS) is 1. The average molecular weight is 348 g/mol. The van der Waals surface area contributed by atoms with E-state index in [0.717, 1.165) is 5.39 Å². The van der Waals surface area contributed by atoms with Gasteiger partial charge in [-0.05, 0) is 18.1 Å². The Morgan fingerprint density at radius 3 is 2.60 bits per heavy atom. The van der Waals surface area contributed by atoms with E-state index in [4.69, 9.17) is 9.84 Å². The smallest absolute Gasteiger partial charge is 0.406 e. The summed E-state index contributed by atoms with van der Waals surface area (Å²) in [5.74, 6) is -0.748. The molecule has 1 heterocycles. The summed E-state index contributed by atoms with van der Waals surface area (Å²) in [5.41, 5.74) is 1.71. The Balaban J connectivity index is 2.36. The summed E-state index contributed by atoms with van der Waals surface area (Å²) in [7, 11) is 2.80. The fraction of sp³-hybridized carbons (Fsp3) is 0.353. The zero-order valence-corrected chi connectivity index (χ0v) is 14.0. The Morgan fingerprint density at radius 1 is 1.20 bits per heavy atom. The number of methoxy groups -OCH3 is 2. The van der Waals surface area contributed by atoms with Crippen molar-refractivity contribution in [1.29, 1.82) is 0 Å². The highest BCUT2D eigenvalue weighted by atomic mass is 16.5. The lowest BCUT2D eigenvalue weighted by Gasteiger charge is -2.06. The number of ether oxygens (including phenoxy) is 2. The third-order valence-corrected chi connectivity index (χ3v) is 3.80. The van der Waals surface area contributed by atoms with Gasteiger partial charge in [0.25, 0.3) is 0 Å². The zero-order chi connectivity index (χ0) is 18.4. The molecule has 0 aliphatic heterocycles. The first kappa shape index (κ1) is 18.3. The maximum Gasteiger partial charge on any atom is 0.406 e. The predicted molar refractivity (Wildman–Crippen MR) is 90.2 cm³/mol. The number of benzene rings is 1. The molecule has 1 aromatic carbocycles. The number of fused-ring (bicyclic) bond motifs is 1. The van der Waals surface area contributed by atoms with Crippen molar-refractivity contribution in [2.24, 2.45) is 0 Å². The number of carboxylic acids is 1. The van der Waals surface area contributed by atoms with E-state index in [1.807, 2.05) is 6.07 Å². The highest BCUT2D eigenvalue weighted by Gasteiger charge is 2.20. The quantitative estimate of drug-likeness (QED) is 0.629. The number of H-pyrrole nitrogens is 1. The van der Waals surface area contributed by atoms with Gasteiger partial charge in [-0.15, -0.1) is 0 Å². The number of hydrogen-bond acceptors (Lipinski definition) is 5. The lowest BCUT2D eigenvalue weighted by atomic mass is 10.0. The molecule has 0 radical (unpaired) electrons. The van der Waals surface area contributed by atoms with Crippen molar-refractivity contribution in [3.05, 3.63) is 29.5 Å². The van der Waals surface area contributed by atoms with Crippen molar-refractivity contribution >= 4 is 28.7 Å². The normalized spacial score (nSPS) is 10.5. The minimum absolute atomic E-state index is 0.109. The van der Waals surface area contributed by atoms with Gasteiger partial charge in [0, 0.05) is 18.4 Å². The van der Waals surface area contributed by atoms with Crippen molar-refractivity contribution in [3.63, 3.8) is 0 Å². The maximum atomic E-state index is 12.4. The lowest BCUT2D eigenvalue weighted by molar-refractivity contribution is -0.136. The minimum atomic E-state index is -1.03. The molecule has 0 fully saturated rings. The summed E-state index contributed by atoms with van der Waals surface area (Å²) in [5, 5.41) is 12.2. The van der Waals surface area contributed by atoms with Gasteiger partial charge in [0.15, 0.2) is 5.78 Å². The van der Waals surface area contributed by atoms with Crippen LogP contribution in [0.15, 0.2) is 18.2 Å². The Bertz CT molecular complexity index is 796. The number of carbonyl (C=O) groups excluding carboxylic acids is 2. The second-order valence-electron chi connectivity index (χ2n) is 5.35. The first-order valence-corrected chi connectivity index (χ1v) is 7.72. The van der Waals surface area contributed by atoms with Gasteiger partial charge in [0.05, 0.1) is 31.9 Å². The predicted octanol–water partition coefficient (Wildman–Crippen LogP) is 2.12. The van der Waals surface area contributed by atoms with E-state index in [1.54, 1.807) is 12.1 Å². The molecule has 134 valence electrons. The van der Waals surface area contributed by atoms with Gasteiger partial charge in [-0.1, -0.05) is 12.1 Å². The van der Waals surface area contributed by atoms with Crippen LogP contribution in [-0.4, -0.2) is 48.7 Å². The van der Waals surface area contributed by atoms with Crippen LogP contribution in [0.4, 0.5) is 4.79 Å². The molecule has 2 aromatic rings. The first-order valence-electron chi connectivity index (χ1n) is 7.72. The van der Waals surface area contributed by atoms with Crippen LogP contribution in [0.25, 0.3) is 10.9 Å². The number of aliphatic carboxylic acids is 1. The Kier molecular flexibility index (Phi) is 5.99. The fourth-order valence-electron chi connectivity index (χ4n) is 2.62.